The first-order valence-electron chi connectivity index (χ1n) is 11.3. The van der Waals surface area contributed by atoms with Gasteiger partial charge < -0.3 is 5.32 Å². The fraction of sp³-hybridized carbons (Fsp3) is 0.333. The minimum atomic E-state index is -3.86. The van der Waals surface area contributed by atoms with Gasteiger partial charge in [-0.15, -0.1) is 11.3 Å². The fourth-order valence-corrected chi connectivity index (χ4v) is 7.82. The molecule has 0 unspecified atom stereocenters. The quantitative estimate of drug-likeness (QED) is 0.540. The van der Waals surface area contributed by atoms with Crippen LogP contribution < -0.4 is 5.32 Å². The number of sulfonamides is 1. The van der Waals surface area contributed by atoms with E-state index in [1.807, 2.05) is 12.1 Å². The minimum absolute atomic E-state index is 0.0402. The van der Waals surface area contributed by atoms with E-state index in [2.05, 4.69) is 22.4 Å². The summed E-state index contributed by atoms with van der Waals surface area (Å²) in [5.74, 6) is -0.475. The zero-order valence-corrected chi connectivity index (χ0v) is 21.5. The van der Waals surface area contributed by atoms with Gasteiger partial charge in [0.25, 0.3) is 0 Å². The number of nitrogens with zero attached hydrogens (tertiary/aromatic N) is 2. The Labute approximate surface area is 209 Å². The third-order valence-electron chi connectivity index (χ3n) is 6.52. The molecule has 2 heterocycles. The molecular weight excluding hydrogens is 506 g/mol. The lowest BCUT2D eigenvalue weighted by atomic mass is 9.94. The molecule has 1 aromatic heterocycles. The third-order valence-corrected chi connectivity index (χ3v) is 10.6. The van der Waals surface area contributed by atoms with Gasteiger partial charge in [-0.3, -0.25) is 4.79 Å². The molecule has 8 nitrogen and oxygen atoms in total. The van der Waals surface area contributed by atoms with Crippen molar-refractivity contribution in [3.63, 3.8) is 0 Å². The monoisotopic (exact) mass is 531 g/mol. The van der Waals surface area contributed by atoms with Gasteiger partial charge in [-0.2, -0.15) is 4.31 Å². The molecule has 2 aliphatic rings. The maximum absolute atomic E-state index is 13.1. The number of carbonyl (C=O) groups is 1. The van der Waals surface area contributed by atoms with Gasteiger partial charge in [0.1, 0.15) is 0 Å². The summed E-state index contributed by atoms with van der Waals surface area (Å²) < 4.78 is 51.1. The summed E-state index contributed by atoms with van der Waals surface area (Å²) >= 11 is 1.50. The number of nitrogens with one attached hydrogen (secondary N) is 1. The van der Waals surface area contributed by atoms with E-state index in [1.54, 1.807) is 0 Å². The van der Waals surface area contributed by atoms with Crippen molar-refractivity contribution >= 4 is 42.2 Å². The highest BCUT2D eigenvalue weighted by Gasteiger charge is 2.33. The van der Waals surface area contributed by atoms with Gasteiger partial charge in [0, 0.05) is 35.7 Å². The zero-order valence-electron chi connectivity index (χ0n) is 19.1. The van der Waals surface area contributed by atoms with Crippen LogP contribution in [0.2, 0.25) is 0 Å². The number of aryl methyl sites for hydroxylation is 2. The van der Waals surface area contributed by atoms with Crippen molar-refractivity contribution in [2.75, 3.05) is 24.7 Å². The number of thiazole rings is 1. The normalized spacial score (nSPS) is 16.9. The molecule has 184 valence electrons. The van der Waals surface area contributed by atoms with Crippen molar-refractivity contribution in [3.05, 3.63) is 59.0 Å². The summed E-state index contributed by atoms with van der Waals surface area (Å²) in [4.78, 5) is 18.7. The molecule has 2 aromatic carbocycles. The Morgan fingerprint density at radius 3 is 2.46 bits per heavy atom. The van der Waals surface area contributed by atoms with Gasteiger partial charge in [-0.05, 0) is 49.4 Å². The van der Waals surface area contributed by atoms with E-state index >= 15 is 0 Å². The Balaban J connectivity index is 1.24. The van der Waals surface area contributed by atoms with Gasteiger partial charge in [0.2, 0.25) is 15.9 Å². The Hall–Kier alpha value is -2.60. The summed E-state index contributed by atoms with van der Waals surface area (Å²) in [6, 6.07) is 13.6. The molecule has 1 N–H and O–H groups in total. The Kier molecular flexibility index (Phi) is 6.28. The van der Waals surface area contributed by atoms with Crippen LogP contribution in [0.25, 0.3) is 11.3 Å². The van der Waals surface area contributed by atoms with Crippen LogP contribution in [0, 0.1) is 5.92 Å². The van der Waals surface area contributed by atoms with E-state index in [1.165, 1.54) is 45.5 Å². The summed E-state index contributed by atoms with van der Waals surface area (Å²) in [6.07, 6.45) is 3.66. The summed E-state index contributed by atoms with van der Waals surface area (Å²) in [5, 5.41) is 3.52. The SMILES string of the molecule is CS(=O)(=O)c1cccc(S(=O)(=O)N2CCC(C(=O)Nc3nc4c(s3)CCc3ccccc3-4)CC2)c1. The first kappa shape index (κ1) is 24.1. The van der Waals surface area contributed by atoms with Gasteiger partial charge >= 0.3 is 0 Å². The van der Waals surface area contributed by atoms with Crippen molar-refractivity contribution in [1.29, 1.82) is 0 Å². The molecule has 1 fully saturated rings. The summed E-state index contributed by atoms with van der Waals surface area (Å²) in [6.45, 7) is 0.372. The number of hydrogen-bond donors (Lipinski definition) is 1. The molecule has 5 rings (SSSR count). The van der Waals surface area contributed by atoms with Gasteiger partial charge in [-0.25, -0.2) is 21.8 Å². The molecule has 1 amide bonds. The van der Waals surface area contributed by atoms with Crippen LogP contribution in [-0.2, 0) is 37.5 Å². The number of hydrogen-bond acceptors (Lipinski definition) is 7. The molecular formula is C24H25N3O5S3. The van der Waals surface area contributed by atoms with E-state index in [9.17, 15) is 21.6 Å². The van der Waals surface area contributed by atoms with E-state index in [-0.39, 0.29) is 34.7 Å². The molecule has 3 aromatic rings. The van der Waals surface area contributed by atoms with Gasteiger partial charge in [0.15, 0.2) is 15.0 Å². The van der Waals surface area contributed by atoms with Crippen LogP contribution in [0.15, 0.2) is 58.3 Å². The highest BCUT2D eigenvalue weighted by molar-refractivity contribution is 7.91. The number of benzene rings is 2. The van der Waals surface area contributed by atoms with Gasteiger partial charge in [-0.1, -0.05) is 30.3 Å². The van der Waals surface area contributed by atoms with E-state index in [0.29, 0.717) is 18.0 Å². The van der Waals surface area contributed by atoms with Crippen LogP contribution in [0.4, 0.5) is 5.13 Å². The maximum Gasteiger partial charge on any atom is 0.243 e. The molecule has 0 spiro atoms. The Bertz CT molecular complexity index is 1500. The van der Waals surface area contributed by atoms with Crippen LogP contribution in [0.1, 0.15) is 23.3 Å². The molecule has 1 aliphatic carbocycles. The standard InChI is InChI=1S/C24H25N3O5S3/c1-34(29,30)18-6-4-7-19(15-18)35(31,32)27-13-11-17(12-14-27)23(28)26-24-25-22-20-8-3-2-5-16(20)9-10-21(22)33-24/h2-8,15,17H,9-14H2,1H3,(H,25,26,28). The fourth-order valence-electron chi connectivity index (χ4n) is 4.58. The van der Waals surface area contributed by atoms with Crippen molar-refractivity contribution in [2.24, 2.45) is 5.92 Å². The predicted molar refractivity (Wildman–Crippen MR) is 135 cm³/mol. The molecule has 0 bridgehead atoms. The zero-order chi connectivity index (χ0) is 24.8. The second-order valence-corrected chi connectivity index (χ2v) is 13.9. The number of fused-ring (bicyclic) bond motifs is 3. The lowest BCUT2D eigenvalue weighted by Crippen LogP contribution is -2.41. The molecule has 1 aliphatic heterocycles. The van der Waals surface area contributed by atoms with Crippen molar-refractivity contribution in [1.82, 2.24) is 9.29 Å². The first-order chi connectivity index (χ1) is 16.6. The number of sulfone groups is 1. The molecule has 35 heavy (non-hydrogen) atoms. The Morgan fingerprint density at radius 2 is 1.71 bits per heavy atom. The van der Waals surface area contributed by atoms with Crippen LogP contribution in [0.3, 0.4) is 0 Å². The van der Waals surface area contributed by atoms with Crippen molar-refractivity contribution < 1.29 is 21.6 Å². The Morgan fingerprint density at radius 1 is 1.00 bits per heavy atom. The topological polar surface area (TPSA) is 114 Å². The average Bonchev–Trinajstić information content (AvgIpc) is 3.26. The predicted octanol–water partition coefficient (Wildman–Crippen LogP) is 3.35. The first-order valence-corrected chi connectivity index (χ1v) is 15.5. The summed E-state index contributed by atoms with van der Waals surface area (Å²) in [7, 11) is -7.38. The van der Waals surface area contributed by atoms with Crippen molar-refractivity contribution in [2.45, 2.75) is 35.5 Å². The second-order valence-electron chi connectivity index (χ2n) is 8.86. The highest BCUT2D eigenvalue weighted by atomic mass is 32.2. The van der Waals surface area contributed by atoms with Crippen LogP contribution in [0.5, 0.6) is 0 Å². The van der Waals surface area contributed by atoms with E-state index in [4.69, 9.17) is 0 Å². The van der Waals surface area contributed by atoms with Crippen LogP contribution in [-0.4, -0.2) is 51.4 Å². The number of rotatable bonds is 5. The smallest absolute Gasteiger partial charge is 0.243 e. The number of carbonyl (C=O) groups excluding carboxylic acids is 1. The largest absolute Gasteiger partial charge is 0.302 e. The van der Waals surface area contributed by atoms with E-state index < -0.39 is 19.9 Å². The summed E-state index contributed by atoms with van der Waals surface area (Å²) in [5.41, 5.74) is 3.31. The molecule has 0 saturated carbocycles. The van der Waals surface area contributed by atoms with E-state index in [0.717, 1.165) is 35.2 Å². The molecule has 1 saturated heterocycles. The second kappa shape index (κ2) is 9.12. The maximum atomic E-state index is 13.1. The van der Waals surface area contributed by atoms with Crippen LogP contribution >= 0.6 is 11.3 Å². The molecule has 0 radical (unpaired) electrons. The third kappa shape index (κ3) is 4.77. The van der Waals surface area contributed by atoms with Crippen molar-refractivity contribution in [3.8, 4) is 11.3 Å². The number of anilines is 1. The molecule has 11 heteroatoms. The number of aromatic nitrogens is 1. The number of amides is 1. The highest BCUT2D eigenvalue weighted by Crippen LogP contribution is 2.38. The lowest BCUT2D eigenvalue weighted by Gasteiger charge is -2.30. The lowest BCUT2D eigenvalue weighted by molar-refractivity contribution is -0.120. The molecule has 0 atom stereocenters. The van der Waals surface area contributed by atoms with Gasteiger partial charge in [0.05, 0.1) is 15.5 Å². The number of piperidine rings is 1. The minimum Gasteiger partial charge on any atom is -0.302 e. The average molecular weight is 532 g/mol.